The quantitative estimate of drug-likeness (QED) is 0.724. The highest BCUT2D eigenvalue weighted by Gasteiger charge is 2.12. The maximum atomic E-state index is 13.8. The second kappa shape index (κ2) is 4.02. The first-order valence-electron chi connectivity index (χ1n) is 5.07. The van der Waals surface area contributed by atoms with E-state index in [0.29, 0.717) is 27.0 Å². The summed E-state index contributed by atoms with van der Waals surface area (Å²) in [4.78, 5) is 14.9. The molecule has 0 bridgehead atoms. The third kappa shape index (κ3) is 1.72. The maximum absolute atomic E-state index is 13.8. The van der Waals surface area contributed by atoms with Gasteiger partial charge in [-0.15, -0.1) is 0 Å². The van der Waals surface area contributed by atoms with Gasteiger partial charge in [0.25, 0.3) is 0 Å². The van der Waals surface area contributed by atoms with Crippen molar-refractivity contribution in [2.24, 2.45) is 0 Å². The number of imidazole rings is 1. The topological polar surface area (TPSA) is 80.5 Å². The predicted molar refractivity (Wildman–Crippen MR) is 69.2 cm³/mol. The lowest BCUT2D eigenvalue weighted by atomic mass is 10.2. The van der Waals surface area contributed by atoms with Crippen LogP contribution in [-0.2, 0) is 0 Å². The highest BCUT2D eigenvalue weighted by Crippen LogP contribution is 2.25. The largest absolute Gasteiger partial charge is 0.382 e. The third-order valence-electron chi connectivity index (χ3n) is 2.50. The van der Waals surface area contributed by atoms with Gasteiger partial charge in [-0.2, -0.15) is 0 Å². The Morgan fingerprint density at radius 1 is 1.28 bits per heavy atom. The number of anilines is 1. The number of H-pyrrole nitrogens is 1. The number of nitrogens with one attached hydrogen (secondary N) is 1. The second-order valence-corrected chi connectivity index (χ2v) is 4.58. The summed E-state index contributed by atoms with van der Waals surface area (Å²) < 4.78 is 14.5. The molecule has 90 valence electrons. The second-order valence-electron chi connectivity index (χ2n) is 3.67. The van der Waals surface area contributed by atoms with Crippen molar-refractivity contribution in [3.05, 3.63) is 34.8 Å². The van der Waals surface area contributed by atoms with Gasteiger partial charge < -0.3 is 10.7 Å². The van der Waals surface area contributed by atoms with E-state index >= 15 is 0 Å². The SMILES string of the molecule is Nc1ncnc2nc(-c3ccc(Br)cc3F)[nH]c12. The van der Waals surface area contributed by atoms with E-state index in [1.165, 1.54) is 12.4 Å². The maximum Gasteiger partial charge on any atom is 0.183 e. The summed E-state index contributed by atoms with van der Waals surface area (Å²) in [7, 11) is 0. The fraction of sp³-hybridized carbons (Fsp3) is 0. The molecule has 0 aliphatic carbocycles. The van der Waals surface area contributed by atoms with Gasteiger partial charge in [-0.1, -0.05) is 15.9 Å². The van der Waals surface area contributed by atoms with Crippen molar-refractivity contribution in [2.75, 3.05) is 5.73 Å². The third-order valence-corrected chi connectivity index (χ3v) is 3.00. The Kier molecular flexibility index (Phi) is 2.48. The number of hydrogen-bond acceptors (Lipinski definition) is 4. The van der Waals surface area contributed by atoms with E-state index in [-0.39, 0.29) is 11.6 Å². The molecule has 0 amide bonds. The molecular formula is C11H7BrFN5. The number of benzene rings is 1. The zero-order chi connectivity index (χ0) is 12.7. The molecular weight excluding hydrogens is 301 g/mol. The molecule has 0 atom stereocenters. The Labute approximate surface area is 109 Å². The summed E-state index contributed by atoms with van der Waals surface area (Å²) >= 11 is 3.20. The van der Waals surface area contributed by atoms with Crippen LogP contribution in [0.15, 0.2) is 29.0 Å². The number of nitrogen functional groups attached to an aromatic ring is 1. The molecule has 3 aromatic rings. The molecule has 0 fully saturated rings. The Morgan fingerprint density at radius 2 is 2.11 bits per heavy atom. The van der Waals surface area contributed by atoms with Crippen LogP contribution in [0.3, 0.4) is 0 Å². The molecule has 2 heterocycles. The Hall–Kier alpha value is -2.02. The van der Waals surface area contributed by atoms with Crippen LogP contribution in [0.1, 0.15) is 0 Å². The first-order chi connectivity index (χ1) is 8.65. The minimum Gasteiger partial charge on any atom is -0.382 e. The van der Waals surface area contributed by atoms with Crippen molar-refractivity contribution in [3.8, 4) is 11.4 Å². The van der Waals surface area contributed by atoms with E-state index in [1.54, 1.807) is 12.1 Å². The van der Waals surface area contributed by atoms with Crippen LogP contribution in [0.5, 0.6) is 0 Å². The van der Waals surface area contributed by atoms with E-state index < -0.39 is 0 Å². The van der Waals surface area contributed by atoms with E-state index in [4.69, 9.17) is 5.73 Å². The lowest BCUT2D eigenvalue weighted by Crippen LogP contribution is -1.91. The fourth-order valence-corrected chi connectivity index (χ4v) is 1.99. The Balaban J connectivity index is 2.23. The zero-order valence-corrected chi connectivity index (χ0v) is 10.6. The van der Waals surface area contributed by atoms with Crippen molar-refractivity contribution >= 4 is 32.9 Å². The van der Waals surface area contributed by atoms with Crippen LogP contribution < -0.4 is 5.73 Å². The van der Waals surface area contributed by atoms with Gasteiger partial charge >= 0.3 is 0 Å². The van der Waals surface area contributed by atoms with Gasteiger partial charge in [-0.3, -0.25) is 0 Å². The smallest absolute Gasteiger partial charge is 0.183 e. The van der Waals surface area contributed by atoms with Crippen molar-refractivity contribution in [3.63, 3.8) is 0 Å². The molecule has 7 heteroatoms. The predicted octanol–water partition coefficient (Wildman–Crippen LogP) is 2.50. The van der Waals surface area contributed by atoms with E-state index in [9.17, 15) is 4.39 Å². The Morgan fingerprint density at radius 3 is 2.83 bits per heavy atom. The summed E-state index contributed by atoms with van der Waals surface area (Å²) in [6.45, 7) is 0. The zero-order valence-electron chi connectivity index (χ0n) is 8.98. The molecule has 1 aromatic carbocycles. The van der Waals surface area contributed by atoms with Crippen LogP contribution in [0.25, 0.3) is 22.6 Å². The lowest BCUT2D eigenvalue weighted by Gasteiger charge is -1.99. The first kappa shape index (κ1) is 11.1. The molecule has 0 spiro atoms. The number of nitrogens with zero attached hydrogens (tertiary/aromatic N) is 3. The van der Waals surface area contributed by atoms with Gasteiger partial charge in [0.1, 0.15) is 23.5 Å². The molecule has 0 saturated heterocycles. The highest BCUT2D eigenvalue weighted by atomic mass is 79.9. The number of aromatic amines is 1. The molecule has 18 heavy (non-hydrogen) atoms. The summed E-state index contributed by atoms with van der Waals surface area (Å²) in [5, 5.41) is 0. The van der Waals surface area contributed by atoms with Crippen LogP contribution >= 0.6 is 15.9 Å². The fourth-order valence-electron chi connectivity index (χ4n) is 1.66. The summed E-state index contributed by atoms with van der Waals surface area (Å²) in [5.41, 5.74) is 6.97. The molecule has 0 radical (unpaired) electrons. The Bertz CT molecular complexity index is 739. The van der Waals surface area contributed by atoms with Crippen LogP contribution in [0, 0.1) is 5.82 Å². The monoisotopic (exact) mass is 307 g/mol. The van der Waals surface area contributed by atoms with Gasteiger partial charge in [0.2, 0.25) is 0 Å². The van der Waals surface area contributed by atoms with E-state index in [1.807, 2.05) is 0 Å². The number of halogens is 2. The van der Waals surface area contributed by atoms with Crippen molar-refractivity contribution in [2.45, 2.75) is 0 Å². The summed E-state index contributed by atoms with van der Waals surface area (Å²) in [6, 6.07) is 4.74. The number of fused-ring (bicyclic) bond motifs is 1. The van der Waals surface area contributed by atoms with E-state index in [2.05, 4.69) is 35.9 Å². The first-order valence-corrected chi connectivity index (χ1v) is 5.86. The molecule has 5 nitrogen and oxygen atoms in total. The van der Waals surface area contributed by atoms with Gasteiger partial charge in [0.15, 0.2) is 11.5 Å². The average molecular weight is 308 g/mol. The number of nitrogens with two attached hydrogens (primary N) is 1. The van der Waals surface area contributed by atoms with Crippen molar-refractivity contribution < 1.29 is 4.39 Å². The number of rotatable bonds is 1. The molecule has 2 aromatic heterocycles. The summed E-state index contributed by atoms with van der Waals surface area (Å²) in [6.07, 6.45) is 1.32. The van der Waals surface area contributed by atoms with Gasteiger partial charge in [-0.25, -0.2) is 19.3 Å². The lowest BCUT2D eigenvalue weighted by molar-refractivity contribution is 0.629. The highest BCUT2D eigenvalue weighted by molar-refractivity contribution is 9.10. The molecule has 0 aliphatic rings. The molecule has 0 unspecified atom stereocenters. The summed E-state index contributed by atoms with van der Waals surface area (Å²) in [5.74, 6) is 0.286. The molecule has 0 saturated carbocycles. The number of aromatic nitrogens is 4. The van der Waals surface area contributed by atoms with Gasteiger partial charge in [0, 0.05) is 4.47 Å². The normalized spacial score (nSPS) is 11.0. The van der Waals surface area contributed by atoms with E-state index in [0.717, 1.165) is 0 Å². The molecule has 0 aliphatic heterocycles. The van der Waals surface area contributed by atoms with Crippen molar-refractivity contribution in [1.29, 1.82) is 0 Å². The average Bonchev–Trinajstić information content (AvgIpc) is 2.74. The van der Waals surface area contributed by atoms with Gasteiger partial charge in [0.05, 0.1) is 5.56 Å². The van der Waals surface area contributed by atoms with Gasteiger partial charge in [-0.05, 0) is 18.2 Å². The number of hydrogen-bond donors (Lipinski definition) is 2. The standard InChI is InChI=1S/C11H7BrFN5/c12-5-1-2-6(7(13)3-5)10-17-8-9(14)15-4-16-11(8)18-10/h1-4H,(H3,14,15,16,17,18). The van der Waals surface area contributed by atoms with Crippen molar-refractivity contribution in [1.82, 2.24) is 19.9 Å². The minimum absolute atomic E-state index is 0.288. The molecule has 3 N–H and O–H groups in total. The van der Waals surface area contributed by atoms with Crippen LogP contribution in [0.4, 0.5) is 10.2 Å². The van der Waals surface area contributed by atoms with Crippen LogP contribution in [-0.4, -0.2) is 19.9 Å². The minimum atomic E-state index is -0.380. The van der Waals surface area contributed by atoms with Crippen LogP contribution in [0.2, 0.25) is 0 Å². The molecule has 3 rings (SSSR count).